The first kappa shape index (κ1) is 15.5. The minimum Gasteiger partial charge on any atom is -0.496 e. The molecule has 2 aromatic heterocycles. The van der Waals surface area contributed by atoms with E-state index in [2.05, 4.69) is 10.1 Å². The van der Waals surface area contributed by atoms with E-state index in [4.69, 9.17) is 4.74 Å². The molecule has 0 aliphatic rings. The number of benzene rings is 2. The standard InChI is InChI=1S/C19H15N3O2S/c1-12-7-9-13(10-8-12)11-16-18(23)22-19(25-16)20-17(21-22)14-5-3-4-6-15(14)24-2/h3-11H,1-2H3/b16-11+. The van der Waals surface area contributed by atoms with E-state index in [1.165, 1.54) is 21.4 Å². The van der Waals surface area contributed by atoms with Gasteiger partial charge < -0.3 is 4.74 Å². The molecule has 0 saturated carbocycles. The van der Waals surface area contributed by atoms with Gasteiger partial charge >= 0.3 is 0 Å². The molecule has 0 radical (unpaired) electrons. The topological polar surface area (TPSA) is 56.5 Å². The van der Waals surface area contributed by atoms with Gasteiger partial charge in [0, 0.05) is 0 Å². The first-order chi connectivity index (χ1) is 12.2. The molecule has 25 heavy (non-hydrogen) atoms. The molecule has 2 heterocycles. The number of ether oxygens (including phenoxy) is 1. The predicted octanol–water partition coefficient (Wildman–Crippen LogP) is 2.68. The summed E-state index contributed by atoms with van der Waals surface area (Å²) >= 11 is 1.33. The summed E-state index contributed by atoms with van der Waals surface area (Å²) in [6, 6.07) is 15.5. The van der Waals surface area contributed by atoms with Crippen LogP contribution < -0.4 is 14.8 Å². The average Bonchev–Trinajstić information content (AvgIpc) is 3.17. The van der Waals surface area contributed by atoms with Crippen LogP contribution in [-0.4, -0.2) is 21.7 Å². The Labute approximate surface area is 147 Å². The zero-order valence-electron chi connectivity index (χ0n) is 13.8. The summed E-state index contributed by atoms with van der Waals surface area (Å²) in [6.45, 7) is 2.03. The van der Waals surface area contributed by atoms with Crippen LogP contribution in [0.1, 0.15) is 11.1 Å². The van der Waals surface area contributed by atoms with Crippen LogP contribution in [0, 0.1) is 6.92 Å². The first-order valence-corrected chi connectivity index (χ1v) is 8.59. The Kier molecular flexibility index (Phi) is 3.82. The van der Waals surface area contributed by atoms with Crippen LogP contribution >= 0.6 is 11.3 Å². The molecule has 124 valence electrons. The lowest BCUT2D eigenvalue weighted by Crippen LogP contribution is -2.23. The molecular formula is C19H15N3O2S. The van der Waals surface area contributed by atoms with Gasteiger partial charge in [-0.05, 0) is 30.7 Å². The van der Waals surface area contributed by atoms with Crippen molar-refractivity contribution < 1.29 is 4.74 Å². The number of methoxy groups -OCH3 is 1. The maximum absolute atomic E-state index is 12.6. The Balaban J connectivity index is 1.82. The largest absolute Gasteiger partial charge is 0.496 e. The molecule has 0 aliphatic heterocycles. The summed E-state index contributed by atoms with van der Waals surface area (Å²) in [5, 5.41) is 4.37. The highest BCUT2D eigenvalue weighted by Crippen LogP contribution is 2.27. The number of para-hydroxylation sites is 1. The van der Waals surface area contributed by atoms with E-state index < -0.39 is 0 Å². The average molecular weight is 349 g/mol. The normalized spacial score (nSPS) is 12.0. The maximum atomic E-state index is 12.6. The molecule has 5 nitrogen and oxygen atoms in total. The molecule has 0 N–H and O–H groups in total. The minimum absolute atomic E-state index is 0.158. The SMILES string of the molecule is COc1ccccc1-c1nc2s/c(=C/c3ccc(C)cc3)c(=O)n2n1. The van der Waals surface area contributed by atoms with Gasteiger partial charge in [0.05, 0.1) is 17.2 Å². The number of aryl methyl sites for hydroxylation is 1. The quantitative estimate of drug-likeness (QED) is 0.571. The summed E-state index contributed by atoms with van der Waals surface area (Å²) in [4.78, 5) is 17.7. The van der Waals surface area contributed by atoms with E-state index >= 15 is 0 Å². The second-order valence-electron chi connectivity index (χ2n) is 5.66. The van der Waals surface area contributed by atoms with Gasteiger partial charge in [-0.15, -0.1) is 5.10 Å². The predicted molar refractivity (Wildman–Crippen MR) is 99.1 cm³/mol. The number of aromatic nitrogens is 3. The van der Waals surface area contributed by atoms with E-state index in [0.29, 0.717) is 21.1 Å². The lowest BCUT2D eigenvalue weighted by atomic mass is 10.1. The fourth-order valence-corrected chi connectivity index (χ4v) is 3.50. The molecule has 0 fully saturated rings. The van der Waals surface area contributed by atoms with Crippen LogP contribution in [0.4, 0.5) is 0 Å². The highest BCUT2D eigenvalue weighted by molar-refractivity contribution is 7.15. The molecule has 6 heteroatoms. The van der Waals surface area contributed by atoms with Crippen molar-refractivity contribution in [1.29, 1.82) is 0 Å². The van der Waals surface area contributed by atoms with Gasteiger partial charge in [0.1, 0.15) is 5.75 Å². The van der Waals surface area contributed by atoms with E-state index in [0.717, 1.165) is 11.1 Å². The maximum Gasteiger partial charge on any atom is 0.291 e. The van der Waals surface area contributed by atoms with Crippen molar-refractivity contribution in [3.05, 3.63) is 74.5 Å². The lowest BCUT2D eigenvalue weighted by Gasteiger charge is -2.03. The third kappa shape index (κ3) is 2.81. The molecule has 0 aliphatic carbocycles. The Morgan fingerprint density at radius 3 is 2.60 bits per heavy atom. The van der Waals surface area contributed by atoms with E-state index in [-0.39, 0.29) is 5.56 Å². The summed E-state index contributed by atoms with van der Waals surface area (Å²) in [7, 11) is 1.60. The van der Waals surface area contributed by atoms with Crippen molar-refractivity contribution in [3.8, 4) is 17.1 Å². The molecule has 4 aromatic rings. The molecule has 0 amide bonds. The molecule has 0 saturated heterocycles. The lowest BCUT2D eigenvalue weighted by molar-refractivity contribution is 0.416. The highest BCUT2D eigenvalue weighted by Gasteiger charge is 2.14. The van der Waals surface area contributed by atoms with Crippen molar-refractivity contribution in [3.63, 3.8) is 0 Å². The third-order valence-electron chi connectivity index (χ3n) is 3.90. The highest BCUT2D eigenvalue weighted by atomic mass is 32.1. The van der Waals surface area contributed by atoms with Gasteiger partial charge in [0.25, 0.3) is 5.56 Å². The Bertz CT molecular complexity index is 1160. The molecular weight excluding hydrogens is 334 g/mol. The molecule has 0 atom stereocenters. The van der Waals surface area contributed by atoms with E-state index in [9.17, 15) is 4.79 Å². The molecule has 2 aromatic carbocycles. The molecule has 0 unspecified atom stereocenters. The number of hydrogen-bond acceptors (Lipinski definition) is 5. The summed E-state index contributed by atoms with van der Waals surface area (Å²) < 4.78 is 7.31. The number of thiazole rings is 1. The third-order valence-corrected chi connectivity index (χ3v) is 4.86. The van der Waals surface area contributed by atoms with E-state index in [1.54, 1.807) is 7.11 Å². The van der Waals surface area contributed by atoms with Gasteiger partial charge in [-0.2, -0.15) is 9.50 Å². The summed E-state index contributed by atoms with van der Waals surface area (Å²) in [5.74, 6) is 1.17. The van der Waals surface area contributed by atoms with E-state index in [1.807, 2.05) is 61.5 Å². The second-order valence-corrected chi connectivity index (χ2v) is 6.67. The van der Waals surface area contributed by atoms with Gasteiger partial charge in [0.15, 0.2) is 5.82 Å². The number of hydrogen-bond donors (Lipinski definition) is 0. The van der Waals surface area contributed by atoms with Crippen molar-refractivity contribution in [2.75, 3.05) is 7.11 Å². The van der Waals surface area contributed by atoms with Crippen LogP contribution in [0.15, 0.2) is 53.3 Å². The van der Waals surface area contributed by atoms with Gasteiger partial charge in [-0.3, -0.25) is 4.79 Å². The molecule has 4 rings (SSSR count). The van der Waals surface area contributed by atoms with Crippen LogP contribution in [-0.2, 0) is 0 Å². The minimum atomic E-state index is -0.158. The zero-order chi connectivity index (χ0) is 17.4. The van der Waals surface area contributed by atoms with Crippen LogP contribution in [0.5, 0.6) is 5.75 Å². The van der Waals surface area contributed by atoms with Gasteiger partial charge in [-0.1, -0.05) is 53.3 Å². The summed E-state index contributed by atoms with van der Waals surface area (Å²) in [6.07, 6.45) is 1.87. The molecule has 0 bridgehead atoms. The van der Waals surface area contributed by atoms with Gasteiger partial charge in [-0.25, -0.2) is 0 Å². The zero-order valence-corrected chi connectivity index (χ0v) is 14.6. The number of fused-ring (bicyclic) bond motifs is 1. The Hall–Kier alpha value is -2.99. The molecule has 0 spiro atoms. The van der Waals surface area contributed by atoms with Crippen molar-refractivity contribution in [2.24, 2.45) is 0 Å². The van der Waals surface area contributed by atoms with Crippen molar-refractivity contribution >= 4 is 22.4 Å². The van der Waals surface area contributed by atoms with Crippen LogP contribution in [0.2, 0.25) is 0 Å². The Morgan fingerprint density at radius 1 is 1.12 bits per heavy atom. The summed E-state index contributed by atoms with van der Waals surface area (Å²) in [5.41, 5.74) is 2.78. The van der Waals surface area contributed by atoms with Gasteiger partial charge in [0.2, 0.25) is 4.96 Å². The Morgan fingerprint density at radius 2 is 1.88 bits per heavy atom. The fourth-order valence-electron chi connectivity index (χ4n) is 2.59. The second kappa shape index (κ2) is 6.14. The smallest absolute Gasteiger partial charge is 0.291 e. The monoisotopic (exact) mass is 349 g/mol. The number of nitrogens with zero attached hydrogens (tertiary/aromatic N) is 3. The van der Waals surface area contributed by atoms with Crippen LogP contribution in [0.25, 0.3) is 22.4 Å². The first-order valence-electron chi connectivity index (χ1n) is 7.77. The number of rotatable bonds is 3. The van der Waals surface area contributed by atoms with Crippen LogP contribution in [0.3, 0.4) is 0 Å². The van der Waals surface area contributed by atoms with Crippen molar-refractivity contribution in [2.45, 2.75) is 6.92 Å². The van der Waals surface area contributed by atoms with Crippen molar-refractivity contribution in [1.82, 2.24) is 14.6 Å². The fraction of sp³-hybridized carbons (Fsp3) is 0.105.